The van der Waals surface area contributed by atoms with Gasteiger partial charge >= 0.3 is 5.97 Å². The van der Waals surface area contributed by atoms with Crippen molar-refractivity contribution in [1.29, 1.82) is 0 Å². The Morgan fingerprint density at radius 3 is 2.47 bits per heavy atom. The summed E-state index contributed by atoms with van der Waals surface area (Å²) in [6.07, 6.45) is 3.73. The largest absolute Gasteiger partial charge is 0.479 e. The summed E-state index contributed by atoms with van der Waals surface area (Å²) in [6.45, 7) is 0. The molecule has 3 N–H and O–H groups in total. The summed E-state index contributed by atoms with van der Waals surface area (Å²) in [4.78, 5) is 20.4. The molecule has 0 bridgehead atoms. The number of pyridine rings is 1. The number of hydrogen-bond acceptors (Lipinski definition) is 5. The van der Waals surface area contributed by atoms with Crippen molar-refractivity contribution in [2.75, 3.05) is 5.73 Å². The van der Waals surface area contributed by atoms with Gasteiger partial charge < -0.3 is 10.8 Å². The van der Waals surface area contributed by atoms with Gasteiger partial charge in [-0.15, -0.1) is 0 Å². The Morgan fingerprint density at radius 2 is 1.82 bits per heavy atom. The molecular formula is C25H23ClFN5O2. The number of hydrogen-bond donors (Lipinski definition) is 2. The number of anilines is 1. The van der Waals surface area contributed by atoms with Gasteiger partial charge in [-0.3, -0.25) is 4.98 Å². The maximum atomic E-state index is 13.9. The summed E-state index contributed by atoms with van der Waals surface area (Å²) in [5.41, 5.74) is 11.0. The Morgan fingerprint density at radius 1 is 1.09 bits per heavy atom. The summed E-state index contributed by atoms with van der Waals surface area (Å²) < 4.78 is 15.5. The Kier molecular flexibility index (Phi) is 5.91. The van der Waals surface area contributed by atoms with Crippen molar-refractivity contribution < 1.29 is 14.3 Å². The Bertz CT molecular complexity index is 1340. The number of halogens is 2. The van der Waals surface area contributed by atoms with E-state index in [-0.39, 0.29) is 11.7 Å². The number of fused-ring (bicyclic) bond motifs is 1. The second kappa shape index (κ2) is 9.02. The van der Waals surface area contributed by atoms with Crippen molar-refractivity contribution in [2.24, 2.45) is 5.92 Å². The molecule has 0 spiro atoms. The molecule has 0 unspecified atom stereocenters. The lowest BCUT2D eigenvalue weighted by Gasteiger charge is -2.29. The van der Waals surface area contributed by atoms with Crippen LogP contribution in [0.3, 0.4) is 0 Å². The second-order valence-electron chi connectivity index (χ2n) is 8.64. The minimum Gasteiger partial charge on any atom is -0.479 e. The van der Waals surface area contributed by atoms with Crippen molar-refractivity contribution in [2.45, 2.75) is 37.8 Å². The fraction of sp³-hybridized carbons (Fsp3) is 0.280. The Labute approximate surface area is 200 Å². The molecule has 4 aromatic rings. The molecule has 174 valence electrons. The van der Waals surface area contributed by atoms with Crippen molar-refractivity contribution in [1.82, 2.24) is 19.6 Å². The van der Waals surface area contributed by atoms with Gasteiger partial charge in [-0.05, 0) is 31.7 Å². The van der Waals surface area contributed by atoms with Crippen LogP contribution in [0.5, 0.6) is 0 Å². The predicted molar refractivity (Wildman–Crippen MR) is 128 cm³/mol. The molecule has 1 saturated carbocycles. The smallest absolute Gasteiger partial charge is 0.338 e. The van der Waals surface area contributed by atoms with Crippen molar-refractivity contribution >= 4 is 29.0 Å². The van der Waals surface area contributed by atoms with Crippen LogP contribution in [0, 0.1) is 5.92 Å². The van der Waals surface area contributed by atoms with E-state index < -0.39 is 18.1 Å². The standard InChI is InChI=1S/C25H23ClFN5O2/c26-20-22(16-8-6-15(7-9-16)21(27)25(33)34)31-24-18(13-30-32(24)23(20)28)17-10-11-19(29-12-17)14-4-2-1-3-5-14/h1-5,10-13,15-16,21H,6-9,28H2,(H,33,34)/t15?,16?,21-/m0/s1. The minimum absolute atomic E-state index is 0.0293. The van der Waals surface area contributed by atoms with Gasteiger partial charge in [0, 0.05) is 34.7 Å². The van der Waals surface area contributed by atoms with Gasteiger partial charge in [0.2, 0.25) is 0 Å². The zero-order valence-corrected chi connectivity index (χ0v) is 19.0. The zero-order chi connectivity index (χ0) is 23.8. The summed E-state index contributed by atoms with van der Waals surface area (Å²) in [6, 6.07) is 13.8. The molecule has 0 saturated heterocycles. The molecule has 7 nitrogen and oxygen atoms in total. The van der Waals surface area contributed by atoms with Crippen LogP contribution in [-0.4, -0.2) is 36.8 Å². The number of carbonyl (C=O) groups is 1. The highest BCUT2D eigenvalue weighted by Crippen LogP contribution is 2.41. The van der Waals surface area contributed by atoms with Gasteiger partial charge in [-0.2, -0.15) is 9.61 Å². The summed E-state index contributed by atoms with van der Waals surface area (Å²) in [7, 11) is 0. The van der Waals surface area contributed by atoms with E-state index in [0.29, 0.717) is 42.0 Å². The third-order valence-electron chi connectivity index (χ3n) is 6.60. The second-order valence-corrected chi connectivity index (χ2v) is 9.02. The highest BCUT2D eigenvalue weighted by atomic mass is 35.5. The normalized spacial score (nSPS) is 19.2. The number of benzene rings is 1. The number of rotatable bonds is 5. The first-order valence-corrected chi connectivity index (χ1v) is 11.5. The van der Waals surface area contributed by atoms with Gasteiger partial charge in [0.05, 0.1) is 17.6 Å². The van der Waals surface area contributed by atoms with Crippen LogP contribution >= 0.6 is 11.6 Å². The first-order chi connectivity index (χ1) is 16.4. The van der Waals surface area contributed by atoms with Crippen LogP contribution in [0.2, 0.25) is 5.02 Å². The number of aromatic nitrogens is 4. The monoisotopic (exact) mass is 479 g/mol. The average Bonchev–Trinajstić information content (AvgIpc) is 3.30. The minimum atomic E-state index is -1.84. The van der Waals surface area contributed by atoms with Crippen LogP contribution in [0.15, 0.2) is 54.9 Å². The maximum absolute atomic E-state index is 13.9. The average molecular weight is 480 g/mol. The molecular weight excluding hydrogens is 457 g/mol. The van der Waals surface area contributed by atoms with Crippen molar-refractivity contribution in [3.05, 3.63) is 65.6 Å². The molecule has 0 aliphatic heterocycles. The van der Waals surface area contributed by atoms with E-state index in [1.165, 1.54) is 4.52 Å². The molecule has 9 heteroatoms. The van der Waals surface area contributed by atoms with Crippen molar-refractivity contribution in [3.8, 4) is 22.4 Å². The van der Waals surface area contributed by atoms with Gasteiger partial charge in [0.25, 0.3) is 0 Å². The fourth-order valence-corrected chi connectivity index (χ4v) is 4.98. The summed E-state index contributed by atoms with van der Waals surface area (Å²) in [5, 5.41) is 13.7. The molecule has 3 heterocycles. The fourth-order valence-electron chi connectivity index (χ4n) is 4.71. The van der Waals surface area contributed by atoms with Crippen LogP contribution in [-0.2, 0) is 4.79 Å². The van der Waals surface area contributed by atoms with Gasteiger partial charge in [-0.25, -0.2) is 14.2 Å². The van der Waals surface area contributed by atoms with Gasteiger partial charge in [-0.1, -0.05) is 48.0 Å². The predicted octanol–water partition coefficient (Wildman–Crippen LogP) is 5.39. The quantitative estimate of drug-likeness (QED) is 0.397. The van der Waals surface area contributed by atoms with E-state index in [2.05, 4.69) is 10.1 Å². The van der Waals surface area contributed by atoms with Crippen LogP contribution < -0.4 is 5.73 Å². The number of nitrogen functional groups attached to an aromatic ring is 1. The number of nitrogens with two attached hydrogens (primary N) is 1. The van der Waals surface area contributed by atoms with E-state index in [1.807, 2.05) is 42.5 Å². The third-order valence-corrected chi connectivity index (χ3v) is 6.99. The van der Waals surface area contributed by atoms with E-state index in [1.54, 1.807) is 12.4 Å². The summed E-state index contributed by atoms with van der Waals surface area (Å²) in [5.74, 6) is -1.63. The first-order valence-electron chi connectivity index (χ1n) is 11.2. The topological polar surface area (TPSA) is 106 Å². The molecule has 1 aromatic carbocycles. The maximum Gasteiger partial charge on any atom is 0.338 e. The summed E-state index contributed by atoms with van der Waals surface area (Å²) >= 11 is 6.57. The van der Waals surface area contributed by atoms with Crippen molar-refractivity contribution in [3.63, 3.8) is 0 Å². The number of carboxylic acid groups (broad SMARTS) is 1. The van der Waals surface area contributed by atoms with E-state index in [4.69, 9.17) is 27.4 Å². The lowest BCUT2D eigenvalue weighted by Crippen LogP contribution is -2.28. The van der Waals surface area contributed by atoms with E-state index in [0.717, 1.165) is 22.4 Å². The molecule has 34 heavy (non-hydrogen) atoms. The van der Waals surface area contributed by atoms with E-state index >= 15 is 0 Å². The van der Waals surface area contributed by atoms with E-state index in [9.17, 15) is 9.18 Å². The SMILES string of the molecule is Nc1c(Cl)c(C2CCC([C@H](F)C(=O)O)CC2)nc2c(-c3ccc(-c4ccccc4)nc3)cnn12. The molecule has 3 aromatic heterocycles. The van der Waals surface area contributed by atoms with Gasteiger partial charge in [0.15, 0.2) is 11.8 Å². The highest BCUT2D eigenvalue weighted by Gasteiger charge is 2.34. The zero-order valence-electron chi connectivity index (χ0n) is 18.2. The number of aliphatic carboxylic acids is 1. The molecule has 1 fully saturated rings. The first kappa shape index (κ1) is 22.3. The van der Waals surface area contributed by atoms with Crippen LogP contribution in [0.4, 0.5) is 10.2 Å². The molecule has 0 radical (unpaired) electrons. The van der Waals surface area contributed by atoms with Crippen LogP contribution in [0.25, 0.3) is 28.0 Å². The molecule has 1 atom stereocenters. The molecule has 0 amide bonds. The molecule has 1 aliphatic rings. The number of nitrogens with zero attached hydrogens (tertiary/aromatic N) is 4. The molecule has 1 aliphatic carbocycles. The number of carboxylic acids is 1. The Hall–Kier alpha value is -3.52. The van der Waals surface area contributed by atoms with Crippen LogP contribution in [0.1, 0.15) is 37.3 Å². The third kappa shape index (κ3) is 3.98. The molecule has 5 rings (SSSR count). The Balaban J connectivity index is 1.46. The lowest BCUT2D eigenvalue weighted by molar-refractivity contribution is -0.145. The highest BCUT2D eigenvalue weighted by molar-refractivity contribution is 6.33. The lowest BCUT2D eigenvalue weighted by atomic mass is 9.78. The van der Waals surface area contributed by atoms with Gasteiger partial charge in [0.1, 0.15) is 10.8 Å². The number of alkyl halides is 1.